The van der Waals surface area contributed by atoms with E-state index in [1.54, 1.807) is 6.92 Å². The van der Waals surface area contributed by atoms with Crippen LogP contribution in [-0.4, -0.2) is 36.3 Å². The largest absolute Gasteiger partial charge is 0.496 e. The van der Waals surface area contributed by atoms with Crippen LogP contribution in [0.1, 0.15) is 34.1 Å². The molecule has 0 spiro atoms. The number of hydrogen-bond acceptors (Lipinski definition) is 8. The van der Waals surface area contributed by atoms with Gasteiger partial charge >= 0.3 is 11.7 Å². The maximum Gasteiger partial charge on any atom is 0.342 e. The van der Waals surface area contributed by atoms with Gasteiger partial charge in [-0.25, -0.2) is 4.79 Å². The lowest BCUT2D eigenvalue weighted by Crippen LogP contribution is -2.16. The lowest BCUT2D eigenvalue weighted by atomic mass is 10.1. The zero-order chi connectivity index (χ0) is 27.1. The van der Waals surface area contributed by atoms with Crippen LogP contribution >= 0.6 is 23.2 Å². The number of esters is 1. The zero-order valence-corrected chi connectivity index (χ0v) is 21.1. The molecule has 0 aromatic heterocycles. The molecule has 0 saturated heterocycles. The average molecular weight is 547 g/mol. The van der Waals surface area contributed by atoms with E-state index in [1.807, 2.05) is 0 Å². The number of nitro benzene ring substituents is 1. The first kappa shape index (κ1) is 27.4. The summed E-state index contributed by atoms with van der Waals surface area (Å²) in [4.78, 5) is 47.4. The summed E-state index contributed by atoms with van der Waals surface area (Å²) in [6.07, 6.45) is 0.234. The molecule has 0 aliphatic carbocycles. The molecule has 0 aliphatic heterocycles. The number of nitro groups is 1. The van der Waals surface area contributed by atoms with E-state index in [4.69, 9.17) is 37.4 Å². The van der Waals surface area contributed by atoms with Gasteiger partial charge in [0.1, 0.15) is 17.1 Å². The van der Waals surface area contributed by atoms with E-state index < -0.39 is 23.3 Å². The van der Waals surface area contributed by atoms with E-state index in [9.17, 15) is 24.5 Å². The van der Waals surface area contributed by atoms with Crippen LogP contribution in [0.5, 0.6) is 17.2 Å². The van der Waals surface area contributed by atoms with Gasteiger partial charge in [-0.15, -0.1) is 0 Å². The van der Waals surface area contributed by atoms with Gasteiger partial charge in [-0.2, -0.15) is 0 Å². The summed E-state index contributed by atoms with van der Waals surface area (Å²) in [7, 11) is 1.33. The smallest absolute Gasteiger partial charge is 0.342 e. The number of carbonyl (C=O) groups excluding carboxylic acids is 3. The summed E-state index contributed by atoms with van der Waals surface area (Å²) in [5.41, 5.74) is 0.134. The van der Waals surface area contributed by atoms with Crippen molar-refractivity contribution in [2.24, 2.45) is 0 Å². The third-order valence-corrected chi connectivity index (χ3v) is 5.59. The predicted octanol–water partition coefficient (Wildman–Crippen LogP) is 6.09. The number of hydrogen-bond donors (Lipinski definition) is 1. The van der Waals surface area contributed by atoms with Gasteiger partial charge in [0.25, 0.3) is 0 Å². The molecule has 3 aromatic rings. The molecular weight excluding hydrogens is 527 g/mol. The number of para-hydroxylation sites is 1. The van der Waals surface area contributed by atoms with Gasteiger partial charge in [-0.05, 0) is 36.4 Å². The second-order valence-corrected chi connectivity index (χ2v) is 8.22. The van der Waals surface area contributed by atoms with Crippen LogP contribution in [0.4, 0.5) is 11.4 Å². The Morgan fingerprint density at radius 2 is 1.73 bits per heavy atom. The summed E-state index contributed by atoms with van der Waals surface area (Å²) in [6.45, 7) is 1.10. The van der Waals surface area contributed by atoms with Crippen LogP contribution in [0.15, 0.2) is 54.6 Å². The van der Waals surface area contributed by atoms with Gasteiger partial charge in [0.05, 0.1) is 27.8 Å². The number of benzene rings is 3. The zero-order valence-electron chi connectivity index (χ0n) is 19.6. The summed E-state index contributed by atoms with van der Waals surface area (Å²) in [5.74, 6) is -1.46. The van der Waals surface area contributed by atoms with Crippen molar-refractivity contribution in [3.05, 3.63) is 85.9 Å². The molecule has 0 aliphatic rings. The number of ether oxygens (including phenoxy) is 3. The predicted molar refractivity (Wildman–Crippen MR) is 136 cm³/mol. The highest BCUT2D eigenvalue weighted by Gasteiger charge is 2.21. The van der Waals surface area contributed by atoms with E-state index in [0.29, 0.717) is 0 Å². The molecule has 12 heteroatoms. The minimum atomic E-state index is -0.855. The molecule has 10 nitrogen and oxygen atoms in total. The molecule has 0 saturated carbocycles. The number of nitrogens with zero attached hydrogens (tertiary/aromatic N) is 1. The number of carbonyl (C=O) groups is 3. The van der Waals surface area contributed by atoms with Crippen LogP contribution in [0.2, 0.25) is 10.0 Å². The van der Waals surface area contributed by atoms with E-state index in [-0.39, 0.29) is 62.1 Å². The maximum atomic E-state index is 12.6. The van der Waals surface area contributed by atoms with Crippen molar-refractivity contribution < 1.29 is 33.5 Å². The molecule has 0 unspecified atom stereocenters. The van der Waals surface area contributed by atoms with Gasteiger partial charge in [0, 0.05) is 24.1 Å². The molecule has 0 bridgehead atoms. The minimum Gasteiger partial charge on any atom is -0.496 e. The van der Waals surface area contributed by atoms with Gasteiger partial charge < -0.3 is 19.5 Å². The van der Waals surface area contributed by atoms with Gasteiger partial charge in [0.2, 0.25) is 11.7 Å². The topological polar surface area (TPSA) is 134 Å². The summed E-state index contributed by atoms with van der Waals surface area (Å²) in [6, 6.07) is 12.5. The van der Waals surface area contributed by atoms with Crippen molar-refractivity contribution in [3.63, 3.8) is 0 Å². The minimum absolute atomic E-state index is 0.0279. The Kier molecular flexibility index (Phi) is 9.05. The van der Waals surface area contributed by atoms with Crippen LogP contribution in [0.25, 0.3) is 0 Å². The van der Waals surface area contributed by atoms with Crippen LogP contribution in [0.3, 0.4) is 0 Å². The van der Waals surface area contributed by atoms with Gasteiger partial charge in [0.15, 0.2) is 12.4 Å². The molecule has 0 atom stereocenters. The number of amides is 1. The highest BCUT2D eigenvalue weighted by Crippen LogP contribution is 2.38. The van der Waals surface area contributed by atoms with Gasteiger partial charge in [-0.1, -0.05) is 36.2 Å². The fourth-order valence-electron chi connectivity index (χ4n) is 3.08. The standard InChI is InChI=1S/C25H20Cl2N2O8/c1-3-23(31)28-19-12-22(35-2)16(11-18(19)27)25(32)36-13-21(30)14-7-9-15(10-8-14)37-24-17(26)5-4-6-20(24)29(33)34/h4-12H,3,13H2,1-2H3,(H,28,31). The van der Waals surface area contributed by atoms with E-state index in [1.165, 1.54) is 61.7 Å². The molecule has 3 aromatic carbocycles. The molecule has 3 rings (SSSR count). The second kappa shape index (κ2) is 12.2. The van der Waals surface area contributed by atoms with E-state index in [0.717, 1.165) is 0 Å². The SMILES string of the molecule is CCC(=O)Nc1cc(OC)c(C(=O)OCC(=O)c2ccc(Oc3c(Cl)cccc3[N+](=O)[O-])cc2)cc1Cl. The fraction of sp³-hybridized carbons (Fsp3) is 0.160. The molecule has 1 N–H and O–H groups in total. The highest BCUT2D eigenvalue weighted by atomic mass is 35.5. The number of rotatable bonds is 10. The summed E-state index contributed by atoms with van der Waals surface area (Å²) < 4.78 is 15.9. The van der Waals surface area contributed by atoms with Crippen molar-refractivity contribution in [1.29, 1.82) is 0 Å². The summed E-state index contributed by atoms with van der Waals surface area (Å²) in [5, 5.41) is 14.0. The maximum absolute atomic E-state index is 12.6. The first-order valence-corrected chi connectivity index (χ1v) is 11.5. The third kappa shape index (κ3) is 6.75. The number of anilines is 1. The number of ketones is 1. The lowest BCUT2D eigenvalue weighted by molar-refractivity contribution is -0.385. The number of Topliss-reactive ketones (excluding diaryl/α,β-unsaturated/α-hetero) is 1. The molecule has 0 radical (unpaired) electrons. The van der Waals surface area contributed by atoms with Crippen molar-refractivity contribution >= 4 is 52.2 Å². The Balaban J connectivity index is 1.67. The van der Waals surface area contributed by atoms with Crippen molar-refractivity contribution in [1.82, 2.24) is 0 Å². The third-order valence-electron chi connectivity index (χ3n) is 4.98. The Bertz CT molecular complexity index is 1360. The first-order chi connectivity index (χ1) is 17.6. The Morgan fingerprint density at radius 1 is 1.03 bits per heavy atom. The Labute approximate surface area is 221 Å². The average Bonchev–Trinajstić information content (AvgIpc) is 2.89. The van der Waals surface area contributed by atoms with Crippen molar-refractivity contribution in [3.8, 4) is 17.2 Å². The van der Waals surface area contributed by atoms with Crippen LogP contribution in [0, 0.1) is 10.1 Å². The lowest BCUT2D eigenvalue weighted by Gasteiger charge is -2.13. The van der Waals surface area contributed by atoms with Crippen LogP contribution < -0.4 is 14.8 Å². The number of nitrogens with one attached hydrogen (secondary N) is 1. The molecule has 192 valence electrons. The number of methoxy groups -OCH3 is 1. The molecule has 0 fully saturated rings. The molecule has 0 heterocycles. The number of halogens is 2. The second-order valence-electron chi connectivity index (χ2n) is 7.41. The first-order valence-electron chi connectivity index (χ1n) is 10.7. The van der Waals surface area contributed by atoms with Crippen LogP contribution in [-0.2, 0) is 9.53 Å². The fourth-order valence-corrected chi connectivity index (χ4v) is 3.50. The van der Waals surface area contributed by atoms with Crippen molar-refractivity contribution in [2.45, 2.75) is 13.3 Å². The monoisotopic (exact) mass is 546 g/mol. The molecular formula is C25H20Cl2N2O8. The highest BCUT2D eigenvalue weighted by molar-refractivity contribution is 6.34. The Morgan fingerprint density at radius 3 is 2.35 bits per heavy atom. The molecule has 1 amide bonds. The summed E-state index contributed by atoms with van der Waals surface area (Å²) >= 11 is 12.2. The van der Waals surface area contributed by atoms with Gasteiger partial charge in [-0.3, -0.25) is 19.7 Å². The quantitative estimate of drug-likeness (QED) is 0.140. The Hall–Kier alpha value is -4.15. The van der Waals surface area contributed by atoms with Crippen molar-refractivity contribution in [2.75, 3.05) is 19.0 Å². The van der Waals surface area contributed by atoms with E-state index in [2.05, 4.69) is 5.32 Å². The normalized spacial score (nSPS) is 10.4. The molecule has 37 heavy (non-hydrogen) atoms. The van der Waals surface area contributed by atoms with E-state index >= 15 is 0 Å².